The van der Waals surface area contributed by atoms with Gasteiger partial charge in [0.2, 0.25) is 0 Å². The Morgan fingerprint density at radius 1 is 1.25 bits per heavy atom. The molecular weight excluding hydrogens is 150 g/mol. The average molecular weight is 171 g/mol. The van der Waals surface area contributed by atoms with Crippen molar-refractivity contribution in [1.29, 1.82) is 0 Å². The van der Waals surface area contributed by atoms with Crippen LogP contribution in [0.5, 0.6) is 0 Å². The van der Waals surface area contributed by atoms with Gasteiger partial charge in [-0.3, -0.25) is 4.79 Å². The Morgan fingerprint density at radius 2 is 1.67 bits per heavy atom. The van der Waals surface area contributed by atoms with Gasteiger partial charge in [0.25, 0.3) is 0 Å². The first kappa shape index (κ1) is 11.6. The van der Waals surface area contributed by atoms with Crippen LogP contribution in [0.4, 0.5) is 0 Å². The van der Waals surface area contributed by atoms with Gasteiger partial charge in [0.15, 0.2) is 0 Å². The number of carbonyl (C=O) groups is 1. The van der Waals surface area contributed by atoms with Crippen LogP contribution in [0.15, 0.2) is 0 Å². The topological polar surface area (TPSA) is 29.1 Å². The molecule has 0 unspecified atom stereocenters. The van der Waals surface area contributed by atoms with E-state index in [1.54, 1.807) is 6.92 Å². The van der Waals surface area contributed by atoms with Crippen LogP contribution in [0, 0.1) is 5.92 Å². The Balaban J connectivity index is 4.25. The van der Waals surface area contributed by atoms with E-state index in [0.29, 0.717) is 5.92 Å². The fourth-order valence-corrected chi connectivity index (χ4v) is 1.20. The van der Waals surface area contributed by atoms with Crippen molar-refractivity contribution >= 4 is 5.78 Å². The lowest BCUT2D eigenvalue weighted by molar-refractivity contribution is -0.120. The molecule has 0 aromatic carbocycles. The fraction of sp³-hybridized carbons (Fsp3) is 0.900. The van der Waals surface area contributed by atoms with Crippen LogP contribution in [0.25, 0.3) is 0 Å². The van der Waals surface area contributed by atoms with E-state index in [-0.39, 0.29) is 17.4 Å². The van der Waals surface area contributed by atoms with Crippen LogP contribution >= 0.6 is 0 Å². The third kappa shape index (κ3) is 4.50. The SMILES string of the molecule is CC(=O)[C@@H](NC(C)(C)C)C(C)C. The average Bonchev–Trinajstić information content (AvgIpc) is 1.79. The number of ketones is 1. The molecule has 0 amide bonds. The highest BCUT2D eigenvalue weighted by Crippen LogP contribution is 2.08. The van der Waals surface area contributed by atoms with E-state index in [9.17, 15) is 4.79 Å². The van der Waals surface area contributed by atoms with Gasteiger partial charge < -0.3 is 5.32 Å². The van der Waals surface area contributed by atoms with Crippen molar-refractivity contribution in [2.45, 2.75) is 53.1 Å². The molecule has 0 spiro atoms. The molecule has 0 aromatic rings. The number of nitrogens with one attached hydrogen (secondary N) is 1. The summed E-state index contributed by atoms with van der Waals surface area (Å²) in [5.74, 6) is 0.585. The Morgan fingerprint density at radius 3 is 1.75 bits per heavy atom. The molecule has 0 heterocycles. The Hall–Kier alpha value is -0.370. The summed E-state index contributed by atoms with van der Waals surface area (Å²) in [5, 5.41) is 3.31. The lowest BCUT2D eigenvalue weighted by atomic mass is 9.97. The Labute approximate surface area is 75.7 Å². The number of hydrogen-bond acceptors (Lipinski definition) is 2. The van der Waals surface area contributed by atoms with E-state index in [1.165, 1.54) is 0 Å². The second-order valence-corrected chi connectivity index (χ2v) is 4.73. The van der Waals surface area contributed by atoms with E-state index in [2.05, 4.69) is 39.9 Å². The van der Waals surface area contributed by atoms with Crippen LogP contribution in [0.2, 0.25) is 0 Å². The molecule has 0 aliphatic carbocycles. The Kier molecular flexibility index (Phi) is 3.91. The zero-order valence-corrected chi connectivity index (χ0v) is 9.06. The minimum atomic E-state index is -0.00926. The Bertz CT molecular complexity index is 156. The van der Waals surface area contributed by atoms with Gasteiger partial charge >= 0.3 is 0 Å². The highest BCUT2D eigenvalue weighted by Gasteiger charge is 2.23. The van der Waals surface area contributed by atoms with E-state index >= 15 is 0 Å². The van der Waals surface area contributed by atoms with Crippen molar-refractivity contribution in [3.63, 3.8) is 0 Å². The lowest BCUT2D eigenvalue weighted by Crippen LogP contribution is -2.49. The maximum atomic E-state index is 11.2. The second-order valence-electron chi connectivity index (χ2n) is 4.73. The van der Waals surface area contributed by atoms with Gasteiger partial charge in [0.1, 0.15) is 5.78 Å². The van der Waals surface area contributed by atoms with E-state index in [0.717, 1.165) is 0 Å². The predicted octanol–water partition coefficient (Wildman–Crippen LogP) is 1.99. The first-order chi connectivity index (χ1) is 5.24. The first-order valence-electron chi connectivity index (χ1n) is 4.52. The second kappa shape index (κ2) is 4.04. The molecule has 0 aliphatic rings. The van der Waals surface area contributed by atoms with Crippen LogP contribution < -0.4 is 5.32 Å². The first-order valence-corrected chi connectivity index (χ1v) is 4.52. The van der Waals surface area contributed by atoms with Crippen LogP contribution in [0.3, 0.4) is 0 Å². The molecule has 0 radical (unpaired) electrons. The predicted molar refractivity (Wildman–Crippen MR) is 52.2 cm³/mol. The molecule has 1 atom stereocenters. The third-order valence-corrected chi connectivity index (χ3v) is 1.69. The van der Waals surface area contributed by atoms with Crippen molar-refractivity contribution in [1.82, 2.24) is 5.32 Å². The summed E-state index contributed by atoms with van der Waals surface area (Å²) in [6.07, 6.45) is 0. The largest absolute Gasteiger partial charge is 0.303 e. The number of carbonyl (C=O) groups excluding carboxylic acids is 1. The van der Waals surface area contributed by atoms with E-state index in [1.807, 2.05) is 0 Å². The van der Waals surface area contributed by atoms with Crippen molar-refractivity contribution in [2.24, 2.45) is 5.92 Å². The standard InChI is InChI=1S/C10H21NO/c1-7(2)9(8(3)12)11-10(4,5)6/h7,9,11H,1-6H3/t9-/m0/s1. The minimum absolute atomic E-state index is 0.00926. The summed E-state index contributed by atoms with van der Waals surface area (Å²) in [7, 11) is 0. The molecule has 0 bridgehead atoms. The molecule has 0 aliphatic heterocycles. The lowest BCUT2D eigenvalue weighted by Gasteiger charge is -2.29. The van der Waals surface area contributed by atoms with Gasteiger partial charge in [-0.25, -0.2) is 0 Å². The van der Waals surface area contributed by atoms with Crippen molar-refractivity contribution in [2.75, 3.05) is 0 Å². The highest BCUT2D eigenvalue weighted by atomic mass is 16.1. The normalized spacial score (nSPS) is 14.9. The summed E-state index contributed by atoms with van der Waals surface area (Å²) in [6.45, 7) is 12.0. The van der Waals surface area contributed by atoms with Gasteiger partial charge in [0.05, 0.1) is 6.04 Å². The molecule has 72 valence electrons. The van der Waals surface area contributed by atoms with Crippen LogP contribution in [0.1, 0.15) is 41.5 Å². The molecule has 2 heteroatoms. The van der Waals surface area contributed by atoms with Crippen molar-refractivity contribution in [3.05, 3.63) is 0 Å². The zero-order chi connectivity index (χ0) is 9.94. The molecular formula is C10H21NO. The summed E-state index contributed by atoms with van der Waals surface area (Å²) in [5.41, 5.74) is 0.0145. The zero-order valence-electron chi connectivity index (χ0n) is 9.06. The smallest absolute Gasteiger partial charge is 0.146 e. The van der Waals surface area contributed by atoms with Gasteiger partial charge in [-0.2, -0.15) is 0 Å². The molecule has 1 N–H and O–H groups in total. The molecule has 2 nitrogen and oxygen atoms in total. The maximum absolute atomic E-state index is 11.2. The van der Waals surface area contributed by atoms with Gasteiger partial charge in [-0.15, -0.1) is 0 Å². The quantitative estimate of drug-likeness (QED) is 0.703. The summed E-state index contributed by atoms with van der Waals surface area (Å²) in [4.78, 5) is 11.2. The van der Waals surface area contributed by atoms with Crippen molar-refractivity contribution in [3.8, 4) is 0 Å². The van der Waals surface area contributed by atoms with Gasteiger partial charge in [0, 0.05) is 5.54 Å². The summed E-state index contributed by atoms with van der Waals surface area (Å²) in [6, 6.07) is -0.00926. The number of Topliss-reactive ketones (excluding diaryl/α,β-unsaturated/α-hetero) is 1. The number of rotatable bonds is 3. The molecule has 0 saturated carbocycles. The maximum Gasteiger partial charge on any atom is 0.146 e. The van der Waals surface area contributed by atoms with E-state index < -0.39 is 0 Å². The molecule has 0 saturated heterocycles. The fourth-order valence-electron chi connectivity index (χ4n) is 1.20. The minimum Gasteiger partial charge on any atom is -0.303 e. The highest BCUT2D eigenvalue weighted by molar-refractivity contribution is 5.81. The van der Waals surface area contributed by atoms with Crippen molar-refractivity contribution < 1.29 is 4.79 Å². The summed E-state index contributed by atoms with van der Waals surface area (Å²) >= 11 is 0. The molecule has 0 fully saturated rings. The third-order valence-electron chi connectivity index (χ3n) is 1.69. The van der Waals surface area contributed by atoms with Gasteiger partial charge in [-0.05, 0) is 33.6 Å². The van der Waals surface area contributed by atoms with Crippen LogP contribution in [-0.2, 0) is 4.79 Å². The monoisotopic (exact) mass is 171 g/mol. The number of hydrogen-bond donors (Lipinski definition) is 1. The van der Waals surface area contributed by atoms with Crippen LogP contribution in [-0.4, -0.2) is 17.4 Å². The molecule has 0 rings (SSSR count). The van der Waals surface area contributed by atoms with Gasteiger partial charge in [-0.1, -0.05) is 13.8 Å². The summed E-state index contributed by atoms with van der Waals surface area (Å²) < 4.78 is 0. The molecule has 12 heavy (non-hydrogen) atoms. The van der Waals surface area contributed by atoms with E-state index in [4.69, 9.17) is 0 Å². The molecule has 0 aromatic heterocycles.